The van der Waals surface area contributed by atoms with Crippen molar-refractivity contribution in [2.75, 3.05) is 7.11 Å². The average molecular weight is 301 g/mol. The van der Waals surface area contributed by atoms with Gasteiger partial charge in [0.05, 0.1) is 22.8 Å². The summed E-state index contributed by atoms with van der Waals surface area (Å²) in [5.41, 5.74) is 1.49. The smallest absolute Gasteiger partial charge is 0.165 e. The quantitative estimate of drug-likeness (QED) is 0.932. The molecule has 1 aromatic rings. The van der Waals surface area contributed by atoms with Gasteiger partial charge in [-0.15, -0.1) is 0 Å². The number of rotatable bonds is 3. The summed E-state index contributed by atoms with van der Waals surface area (Å²) in [6.07, 6.45) is 0.343. The molecule has 1 unspecified atom stereocenters. The van der Waals surface area contributed by atoms with E-state index in [9.17, 15) is 13.0 Å². The first-order valence-corrected chi connectivity index (χ1v) is 7.38. The van der Waals surface area contributed by atoms with E-state index in [0.29, 0.717) is 16.7 Å². The third-order valence-corrected chi connectivity index (χ3v) is 4.62. The monoisotopic (exact) mass is 301 g/mol. The van der Waals surface area contributed by atoms with Gasteiger partial charge in [0, 0.05) is 12.0 Å². The molecule has 2 atom stereocenters. The maximum absolute atomic E-state index is 14.2. The van der Waals surface area contributed by atoms with Crippen molar-refractivity contribution in [2.45, 2.75) is 31.2 Å². The fourth-order valence-corrected chi connectivity index (χ4v) is 2.59. The SMILES string of the molecule is COc1c(F)ccc2c1C[C@H](F)/C2=C/C(C)(C)S(N)=O. The van der Waals surface area contributed by atoms with Crippen molar-refractivity contribution < 1.29 is 17.7 Å². The minimum Gasteiger partial charge on any atom is -0.493 e. The second kappa shape index (κ2) is 5.26. The molecule has 0 saturated carbocycles. The fourth-order valence-electron chi connectivity index (χ4n) is 2.35. The standard InChI is InChI=1S/C14H17F2NO2S/c1-14(2,20(17)18)7-10-8-4-5-11(15)13(19-3)9(8)6-12(10)16/h4-5,7,12H,6,17H2,1-3H3/b10-7+/t12-,20?/m0/s1. The van der Waals surface area contributed by atoms with Crippen molar-refractivity contribution in [1.82, 2.24) is 0 Å². The number of benzene rings is 1. The van der Waals surface area contributed by atoms with Crippen LogP contribution in [0.4, 0.5) is 8.78 Å². The third-order valence-electron chi connectivity index (χ3n) is 3.47. The second-order valence-electron chi connectivity index (χ2n) is 5.28. The van der Waals surface area contributed by atoms with Crippen molar-refractivity contribution in [3.63, 3.8) is 0 Å². The van der Waals surface area contributed by atoms with Gasteiger partial charge < -0.3 is 4.74 Å². The molecule has 0 radical (unpaired) electrons. The largest absolute Gasteiger partial charge is 0.493 e. The number of fused-ring (bicyclic) bond motifs is 1. The molecule has 1 aliphatic rings. The lowest BCUT2D eigenvalue weighted by molar-refractivity contribution is 0.373. The van der Waals surface area contributed by atoms with Crippen LogP contribution in [0.25, 0.3) is 5.57 Å². The van der Waals surface area contributed by atoms with Crippen LogP contribution in [0, 0.1) is 5.82 Å². The lowest BCUT2D eigenvalue weighted by Crippen LogP contribution is -2.30. The molecule has 0 aliphatic heterocycles. The summed E-state index contributed by atoms with van der Waals surface area (Å²) in [5, 5.41) is 5.41. The predicted molar refractivity (Wildman–Crippen MR) is 75.9 cm³/mol. The van der Waals surface area contributed by atoms with Crippen LogP contribution in [-0.4, -0.2) is 22.2 Å². The summed E-state index contributed by atoms with van der Waals surface area (Å²) < 4.78 is 43.5. The third kappa shape index (κ3) is 2.50. The molecule has 2 rings (SSSR count). The average Bonchev–Trinajstić information content (AvgIpc) is 2.65. The van der Waals surface area contributed by atoms with Gasteiger partial charge in [-0.25, -0.2) is 13.0 Å². The number of allylic oxidation sites excluding steroid dienone is 1. The molecule has 1 aliphatic carbocycles. The molecular formula is C14H17F2NO2S. The molecule has 6 heteroatoms. The molecule has 20 heavy (non-hydrogen) atoms. The Labute approximate surface area is 119 Å². The van der Waals surface area contributed by atoms with Gasteiger partial charge in [-0.2, -0.15) is 0 Å². The zero-order valence-corrected chi connectivity index (χ0v) is 12.4. The van der Waals surface area contributed by atoms with E-state index in [1.807, 2.05) is 0 Å². The van der Waals surface area contributed by atoms with Crippen molar-refractivity contribution in [1.29, 1.82) is 0 Å². The summed E-state index contributed by atoms with van der Waals surface area (Å²) in [6, 6.07) is 2.77. The zero-order valence-electron chi connectivity index (χ0n) is 11.6. The Balaban J connectivity index is 2.57. The van der Waals surface area contributed by atoms with Gasteiger partial charge in [-0.05, 0) is 31.1 Å². The van der Waals surface area contributed by atoms with Crippen LogP contribution in [-0.2, 0) is 17.4 Å². The van der Waals surface area contributed by atoms with Gasteiger partial charge in [0.1, 0.15) is 6.17 Å². The molecule has 2 N–H and O–H groups in total. The highest BCUT2D eigenvalue weighted by Crippen LogP contribution is 2.41. The molecule has 0 fully saturated rings. The number of ether oxygens (including phenoxy) is 1. The topological polar surface area (TPSA) is 52.3 Å². The zero-order chi connectivity index (χ0) is 15.1. The van der Waals surface area contributed by atoms with E-state index in [1.54, 1.807) is 19.9 Å². The van der Waals surface area contributed by atoms with Crippen molar-refractivity contribution >= 4 is 16.6 Å². The van der Waals surface area contributed by atoms with Crippen LogP contribution in [0.15, 0.2) is 18.2 Å². The molecule has 0 spiro atoms. The van der Waals surface area contributed by atoms with Crippen LogP contribution in [0.2, 0.25) is 0 Å². The Kier molecular flexibility index (Phi) is 3.97. The first-order chi connectivity index (χ1) is 9.27. The van der Waals surface area contributed by atoms with Gasteiger partial charge in [-0.3, -0.25) is 5.14 Å². The maximum atomic E-state index is 14.2. The Morgan fingerprint density at radius 3 is 2.70 bits per heavy atom. The highest BCUT2D eigenvalue weighted by atomic mass is 32.2. The van der Waals surface area contributed by atoms with Crippen molar-refractivity contribution in [3.8, 4) is 5.75 Å². The Bertz CT molecular complexity index is 599. The Morgan fingerprint density at radius 1 is 1.50 bits per heavy atom. The molecule has 0 aromatic heterocycles. The molecular weight excluding hydrogens is 284 g/mol. The van der Waals surface area contributed by atoms with Crippen LogP contribution < -0.4 is 9.88 Å². The van der Waals surface area contributed by atoms with E-state index in [2.05, 4.69) is 0 Å². The van der Waals surface area contributed by atoms with E-state index < -0.39 is 27.7 Å². The predicted octanol–water partition coefficient (Wildman–Crippen LogP) is 2.51. The summed E-state index contributed by atoms with van der Waals surface area (Å²) >= 11 is 0. The van der Waals surface area contributed by atoms with Crippen LogP contribution >= 0.6 is 0 Å². The van der Waals surface area contributed by atoms with Crippen LogP contribution in [0.3, 0.4) is 0 Å². The highest BCUT2D eigenvalue weighted by molar-refractivity contribution is 7.84. The lowest BCUT2D eigenvalue weighted by atomic mass is 10.0. The number of alkyl halides is 1. The van der Waals surface area contributed by atoms with Gasteiger partial charge in [0.15, 0.2) is 11.6 Å². The minimum absolute atomic E-state index is 0.0510. The first-order valence-electron chi connectivity index (χ1n) is 6.16. The normalized spacial score (nSPS) is 21.9. The molecule has 110 valence electrons. The number of methoxy groups -OCH3 is 1. The molecule has 1 aromatic carbocycles. The van der Waals surface area contributed by atoms with E-state index in [0.717, 1.165) is 0 Å². The molecule has 0 bridgehead atoms. The van der Waals surface area contributed by atoms with E-state index in [4.69, 9.17) is 9.88 Å². The molecule has 3 nitrogen and oxygen atoms in total. The molecule has 0 amide bonds. The summed E-state index contributed by atoms with van der Waals surface area (Å²) in [6.45, 7) is 3.34. The number of hydrogen-bond acceptors (Lipinski definition) is 2. The summed E-state index contributed by atoms with van der Waals surface area (Å²) in [5.74, 6) is -0.443. The second-order valence-corrected chi connectivity index (χ2v) is 6.93. The molecule has 0 heterocycles. The van der Waals surface area contributed by atoms with E-state index in [-0.39, 0.29) is 12.2 Å². The maximum Gasteiger partial charge on any atom is 0.165 e. The Morgan fingerprint density at radius 2 is 2.15 bits per heavy atom. The highest BCUT2D eigenvalue weighted by Gasteiger charge is 2.33. The number of nitrogens with two attached hydrogens (primary N) is 1. The summed E-state index contributed by atoms with van der Waals surface area (Å²) in [7, 11) is -0.270. The van der Waals surface area contributed by atoms with E-state index >= 15 is 0 Å². The lowest BCUT2D eigenvalue weighted by Gasteiger charge is -2.18. The van der Waals surface area contributed by atoms with Crippen LogP contribution in [0.5, 0.6) is 5.75 Å². The first kappa shape index (κ1) is 15.1. The van der Waals surface area contributed by atoms with Crippen molar-refractivity contribution in [3.05, 3.63) is 35.2 Å². The van der Waals surface area contributed by atoms with Gasteiger partial charge in [0.25, 0.3) is 0 Å². The van der Waals surface area contributed by atoms with Crippen LogP contribution in [0.1, 0.15) is 25.0 Å². The summed E-state index contributed by atoms with van der Waals surface area (Å²) in [4.78, 5) is 0. The van der Waals surface area contributed by atoms with Gasteiger partial charge in [-0.1, -0.05) is 12.1 Å². The van der Waals surface area contributed by atoms with Gasteiger partial charge >= 0.3 is 0 Å². The Hall–Kier alpha value is -1.27. The fraction of sp³-hybridized carbons (Fsp3) is 0.429. The van der Waals surface area contributed by atoms with Gasteiger partial charge in [0.2, 0.25) is 0 Å². The van der Waals surface area contributed by atoms with Crippen molar-refractivity contribution in [2.24, 2.45) is 5.14 Å². The number of hydrogen-bond donors (Lipinski definition) is 1. The van der Waals surface area contributed by atoms with E-state index in [1.165, 1.54) is 19.2 Å². The minimum atomic E-state index is -1.62. The molecule has 0 saturated heterocycles. The number of halogens is 2.